The van der Waals surface area contributed by atoms with Gasteiger partial charge in [0.1, 0.15) is 0 Å². The fourth-order valence-electron chi connectivity index (χ4n) is 3.94. The van der Waals surface area contributed by atoms with Crippen LogP contribution in [0.1, 0.15) is 57.6 Å². The average Bonchev–Trinajstić information content (AvgIpc) is 3.20. The summed E-state index contributed by atoms with van der Waals surface area (Å²) in [7, 11) is 0. The highest BCUT2D eigenvalue weighted by atomic mass is 35.5. The summed E-state index contributed by atoms with van der Waals surface area (Å²) in [6.07, 6.45) is 6.81. The van der Waals surface area contributed by atoms with Crippen LogP contribution in [0.3, 0.4) is 0 Å². The standard InChI is InChI=1S/C18H26ClN/c1-12-9-13(2)11-17(10-12)20-18(14-3-4-14)15-5-7-16(19)8-6-15/h5-8,12-14,17-18,20H,3-4,9-11H2,1-2H3. The Hall–Kier alpha value is -0.530. The van der Waals surface area contributed by atoms with E-state index in [9.17, 15) is 0 Å². The highest BCUT2D eigenvalue weighted by Gasteiger charge is 2.35. The Labute approximate surface area is 128 Å². The molecule has 0 amide bonds. The van der Waals surface area contributed by atoms with Gasteiger partial charge in [-0.25, -0.2) is 0 Å². The largest absolute Gasteiger partial charge is 0.307 e. The molecule has 1 nitrogen and oxygen atoms in total. The topological polar surface area (TPSA) is 12.0 Å². The first-order valence-electron chi connectivity index (χ1n) is 8.13. The summed E-state index contributed by atoms with van der Waals surface area (Å²) in [4.78, 5) is 0. The summed E-state index contributed by atoms with van der Waals surface area (Å²) >= 11 is 6.02. The van der Waals surface area contributed by atoms with Crippen molar-refractivity contribution in [1.29, 1.82) is 0 Å². The summed E-state index contributed by atoms with van der Waals surface area (Å²) in [6, 6.07) is 9.69. The van der Waals surface area contributed by atoms with Crippen molar-refractivity contribution >= 4 is 11.6 Å². The van der Waals surface area contributed by atoms with Gasteiger partial charge in [0.15, 0.2) is 0 Å². The Morgan fingerprint density at radius 1 is 1.00 bits per heavy atom. The molecule has 2 heteroatoms. The van der Waals surface area contributed by atoms with Gasteiger partial charge in [-0.15, -0.1) is 0 Å². The monoisotopic (exact) mass is 291 g/mol. The zero-order valence-corrected chi connectivity index (χ0v) is 13.4. The Morgan fingerprint density at radius 3 is 2.15 bits per heavy atom. The molecular weight excluding hydrogens is 266 g/mol. The van der Waals surface area contributed by atoms with Crippen LogP contribution in [-0.2, 0) is 0 Å². The third kappa shape index (κ3) is 3.56. The number of rotatable bonds is 4. The number of benzene rings is 1. The molecule has 0 radical (unpaired) electrons. The molecule has 1 N–H and O–H groups in total. The van der Waals surface area contributed by atoms with Gasteiger partial charge in [-0.05, 0) is 67.6 Å². The smallest absolute Gasteiger partial charge is 0.0406 e. The maximum absolute atomic E-state index is 6.02. The van der Waals surface area contributed by atoms with Gasteiger partial charge in [-0.2, -0.15) is 0 Å². The fraction of sp³-hybridized carbons (Fsp3) is 0.667. The van der Waals surface area contributed by atoms with Crippen LogP contribution < -0.4 is 5.32 Å². The van der Waals surface area contributed by atoms with Gasteiger partial charge < -0.3 is 5.32 Å². The normalized spacial score (nSPS) is 32.0. The van der Waals surface area contributed by atoms with Crippen LogP contribution in [0.4, 0.5) is 0 Å². The summed E-state index contributed by atoms with van der Waals surface area (Å²) in [6.45, 7) is 4.80. The zero-order chi connectivity index (χ0) is 14.1. The predicted octanol–water partition coefficient (Wildman–Crippen LogP) is 5.21. The molecule has 2 aliphatic carbocycles. The van der Waals surface area contributed by atoms with E-state index in [4.69, 9.17) is 11.6 Å². The lowest BCUT2D eigenvalue weighted by atomic mass is 9.80. The Kier molecular flexibility index (Phi) is 4.37. The van der Waals surface area contributed by atoms with Gasteiger partial charge in [0.25, 0.3) is 0 Å². The summed E-state index contributed by atoms with van der Waals surface area (Å²) in [5.41, 5.74) is 1.42. The first kappa shape index (κ1) is 14.4. The Balaban J connectivity index is 1.70. The van der Waals surface area contributed by atoms with Crippen LogP contribution >= 0.6 is 11.6 Å². The van der Waals surface area contributed by atoms with Crippen LogP contribution in [0, 0.1) is 17.8 Å². The van der Waals surface area contributed by atoms with Crippen LogP contribution in [0.25, 0.3) is 0 Å². The molecule has 20 heavy (non-hydrogen) atoms. The molecule has 2 aliphatic rings. The molecule has 2 fully saturated rings. The molecule has 0 spiro atoms. The second-order valence-corrected chi connectivity index (χ2v) is 7.58. The maximum Gasteiger partial charge on any atom is 0.0406 e. The van der Waals surface area contributed by atoms with Gasteiger partial charge >= 0.3 is 0 Å². The minimum absolute atomic E-state index is 0.537. The van der Waals surface area contributed by atoms with Gasteiger partial charge in [-0.1, -0.05) is 37.6 Å². The molecule has 1 aromatic carbocycles. The summed E-state index contributed by atoms with van der Waals surface area (Å²) in [5, 5.41) is 4.81. The fourth-order valence-corrected chi connectivity index (χ4v) is 4.07. The number of hydrogen-bond acceptors (Lipinski definition) is 1. The lowest BCUT2D eigenvalue weighted by Crippen LogP contribution is -2.39. The third-order valence-corrected chi connectivity index (χ3v) is 5.17. The molecule has 0 bridgehead atoms. The molecule has 0 aromatic heterocycles. The highest BCUT2D eigenvalue weighted by Crippen LogP contribution is 2.42. The van der Waals surface area contributed by atoms with Crippen molar-refractivity contribution in [2.24, 2.45) is 17.8 Å². The SMILES string of the molecule is CC1CC(C)CC(NC(c2ccc(Cl)cc2)C2CC2)C1. The molecule has 0 aliphatic heterocycles. The summed E-state index contributed by atoms with van der Waals surface area (Å²) in [5.74, 6) is 2.56. The second kappa shape index (κ2) is 6.07. The highest BCUT2D eigenvalue weighted by molar-refractivity contribution is 6.30. The molecule has 2 saturated carbocycles. The van der Waals surface area contributed by atoms with Crippen LogP contribution in [0.5, 0.6) is 0 Å². The molecule has 0 saturated heterocycles. The second-order valence-electron chi connectivity index (χ2n) is 7.15. The van der Waals surface area contributed by atoms with Crippen LogP contribution in [-0.4, -0.2) is 6.04 Å². The average molecular weight is 292 g/mol. The van der Waals surface area contributed by atoms with E-state index < -0.39 is 0 Å². The number of nitrogens with one attached hydrogen (secondary N) is 1. The van der Waals surface area contributed by atoms with E-state index in [-0.39, 0.29) is 0 Å². The lowest BCUT2D eigenvalue weighted by Gasteiger charge is -2.35. The number of halogens is 1. The van der Waals surface area contributed by atoms with Crippen molar-refractivity contribution in [3.05, 3.63) is 34.9 Å². The minimum Gasteiger partial charge on any atom is -0.307 e. The molecule has 110 valence electrons. The van der Waals surface area contributed by atoms with Crippen molar-refractivity contribution in [2.45, 2.75) is 58.0 Å². The van der Waals surface area contributed by atoms with Gasteiger partial charge in [-0.3, -0.25) is 0 Å². The van der Waals surface area contributed by atoms with Crippen molar-refractivity contribution in [3.63, 3.8) is 0 Å². The van der Waals surface area contributed by atoms with Gasteiger partial charge in [0, 0.05) is 17.1 Å². The van der Waals surface area contributed by atoms with E-state index in [2.05, 4.69) is 31.3 Å². The van der Waals surface area contributed by atoms with Crippen molar-refractivity contribution < 1.29 is 0 Å². The van der Waals surface area contributed by atoms with Crippen molar-refractivity contribution in [2.75, 3.05) is 0 Å². The van der Waals surface area contributed by atoms with E-state index in [0.717, 1.165) is 22.8 Å². The molecular formula is C18H26ClN. The molecule has 3 atom stereocenters. The Morgan fingerprint density at radius 2 is 1.60 bits per heavy atom. The number of hydrogen-bond donors (Lipinski definition) is 1. The zero-order valence-electron chi connectivity index (χ0n) is 12.6. The van der Waals surface area contributed by atoms with E-state index >= 15 is 0 Å². The van der Waals surface area contributed by atoms with E-state index in [1.807, 2.05) is 12.1 Å². The van der Waals surface area contributed by atoms with Gasteiger partial charge in [0.2, 0.25) is 0 Å². The lowest BCUT2D eigenvalue weighted by molar-refractivity contribution is 0.220. The molecule has 1 aromatic rings. The minimum atomic E-state index is 0.537. The van der Waals surface area contributed by atoms with Crippen LogP contribution in [0.2, 0.25) is 5.02 Å². The Bertz CT molecular complexity index is 427. The third-order valence-electron chi connectivity index (χ3n) is 4.92. The van der Waals surface area contributed by atoms with Gasteiger partial charge in [0.05, 0.1) is 0 Å². The van der Waals surface area contributed by atoms with E-state index in [0.29, 0.717) is 12.1 Å². The van der Waals surface area contributed by atoms with Crippen LogP contribution in [0.15, 0.2) is 24.3 Å². The van der Waals surface area contributed by atoms with E-state index in [1.165, 1.54) is 37.7 Å². The first-order chi connectivity index (χ1) is 9.61. The van der Waals surface area contributed by atoms with Crippen molar-refractivity contribution in [1.82, 2.24) is 5.32 Å². The first-order valence-corrected chi connectivity index (χ1v) is 8.51. The quantitative estimate of drug-likeness (QED) is 0.803. The molecule has 0 heterocycles. The van der Waals surface area contributed by atoms with Crippen molar-refractivity contribution in [3.8, 4) is 0 Å². The molecule has 3 unspecified atom stereocenters. The predicted molar refractivity (Wildman–Crippen MR) is 86.0 cm³/mol. The molecule has 3 rings (SSSR count). The van der Waals surface area contributed by atoms with E-state index in [1.54, 1.807) is 0 Å². The maximum atomic E-state index is 6.02. The summed E-state index contributed by atoms with van der Waals surface area (Å²) < 4.78 is 0.